The number of benzene rings is 1. The van der Waals surface area contributed by atoms with E-state index >= 15 is 0 Å². The second-order valence-corrected chi connectivity index (χ2v) is 2.97. The second-order valence-electron chi connectivity index (χ2n) is 2.97. The van der Waals surface area contributed by atoms with Crippen LogP contribution in [-0.4, -0.2) is 17.9 Å². The maximum absolute atomic E-state index is 11.1. The Hall–Kier alpha value is -1.88. The van der Waals surface area contributed by atoms with Gasteiger partial charge in [-0.15, -0.1) is 0 Å². The molecule has 1 rings (SSSR count). The van der Waals surface area contributed by atoms with Crippen LogP contribution in [0.25, 0.3) is 0 Å². The third-order valence-electron chi connectivity index (χ3n) is 1.78. The molecular weight excluding hydrogens is 196 g/mol. The number of ether oxygens (including phenoxy) is 1. The minimum Gasteiger partial charge on any atom is -0.459 e. The van der Waals surface area contributed by atoms with Crippen molar-refractivity contribution in [1.82, 2.24) is 0 Å². The highest BCUT2D eigenvalue weighted by Crippen LogP contribution is 2.01. The third-order valence-corrected chi connectivity index (χ3v) is 1.78. The van der Waals surface area contributed by atoms with E-state index < -0.39 is 17.9 Å². The topological polar surface area (TPSA) is 95.4 Å². The zero-order valence-electron chi connectivity index (χ0n) is 8.05. The predicted molar refractivity (Wildman–Crippen MR) is 53.4 cm³/mol. The lowest BCUT2D eigenvalue weighted by Crippen LogP contribution is -2.44. The molecule has 0 bridgehead atoms. The Morgan fingerprint density at radius 1 is 1.27 bits per heavy atom. The van der Waals surface area contributed by atoms with E-state index in [1.54, 1.807) is 12.1 Å². The molecule has 80 valence electrons. The van der Waals surface area contributed by atoms with Crippen molar-refractivity contribution >= 4 is 11.9 Å². The quantitative estimate of drug-likeness (QED) is 0.517. The summed E-state index contributed by atoms with van der Waals surface area (Å²) in [5, 5.41) is 0. The van der Waals surface area contributed by atoms with Gasteiger partial charge in [-0.25, -0.2) is 4.79 Å². The Morgan fingerprint density at radius 2 is 1.87 bits per heavy atom. The van der Waals surface area contributed by atoms with Crippen molar-refractivity contribution in [2.45, 2.75) is 12.6 Å². The van der Waals surface area contributed by atoms with Crippen LogP contribution < -0.4 is 11.5 Å². The fourth-order valence-corrected chi connectivity index (χ4v) is 0.935. The van der Waals surface area contributed by atoms with Crippen LogP contribution in [0.2, 0.25) is 0 Å². The molecule has 0 heterocycles. The number of carbonyl (C=O) groups is 2. The van der Waals surface area contributed by atoms with Crippen LogP contribution in [0, 0.1) is 0 Å². The molecule has 1 aromatic carbocycles. The Balaban J connectivity index is 2.44. The van der Waals surface area contributed by atoms with Crippen molar-refractivity contribution in [2.75, 3.05) is 0 Å². The van der Waals surface area contributed by atoms with Gasteiger partial charge >= 0.3 is 5.97 Å². The van der Waals surface area contributed by atoms with Gasteiger partial charge in [0.2, 0.25) is 5.91 Å². The van der Waals surface area contributed by atoms with Gasteiger partial charge in [0.05, 0.1) is 0 Å². The van der Waals surface area contributed by atoms with Crippen molar-refractivity contribution in [3.05, 3.63) is 35.9 Å². The van der Waals surface area contributed by atoms with E-state index in [0.29, 0.717) is 0 Å². The Morgan fingerprint density at radius 3 is 2.40 bits per heavy atom. The van der Waals surface area contributed by atoms with E-state index in [1.165, 1.54) is 0 Å². The Kier molecular flexibility index (Phi) is 3.82. The van der Waals surface area contributed by atoms with Gasteiger partial charge in [-0.1, -0.05) is 30.3 Å². The minimum absolute atomic E-state index is 0.0840. The zero-order valence-corrected chi connectivity index (χ0v) is 8.05. The predicted octanol–water partition coefficient (Wildman–Crippen LogP) is -0.458. The van der Waals surface area contributed by atoms with Gasteiger partial charge in [0, 0.05) is 0 Å². The largest absolute Gasteiger partial charge is 0.459 e. The van der Waals surface area contributed by atoms with E-state index in [0.717, 1.165) is 5.56 Å². The highest BCUT2D eigenvalue weighted by atomic mass is 16.5. The average molecular weight is 208 g/mol. The van der Waals surface area contributed by atoms with Crippen LogP contribution in [0.1, 0.15) is 5.56 Å². The van der Waals surface area contributed by atoms with Crippen molar-refractivity contribution in [3.63, 3.8) is 0 Å². The van der Waals surface area contributed by atoms with Crippen LogP contribution in [0.5, 0.6) is 0 Å². The first kappa shape index (κ1) is 11.2. The first-order valence-corrected chi connectivity index (χ1v) is 4.36. The Bertz CT molecular complexity index is 351. The molecular formula is C10H12N2O3. The number of primary amides is 1. The number of amides is 1. The summed E-state index contributed by atoms with van der Waals surface area (Å²) in [5.41, 5.74) is 10.8. The normalized spacial score (nSPS) is 11.8. The molecule has 5 nitrogen and oxygen atoms in total. The van der Waals surface area contributed by atoms with Crippen LogP contribution in [0.3, 0.4) is 0 Å². The molecule has 4 N–H and O–H groups in total. The number of rotatable bonds is 4. The summed E-state index contributed by atoms with van der Waals surface area (Å²) in [4.78, 5) is 21.7. The molecule has 15 heavy (non-hydrogen) atoms. The third kappa shape index (κ3) is 3.40. The van der Waals surface area contributed by atoms with Gasteiger partial charge in [-0.05, 0) is 5.56 Å². The number of carbonyl (C=O) groups excluding carboxylic acids is 2. The summed E-state index contributed by atoms with van der Waals surface area (Å²) < 4.78 is 4.79. The number of nitrogens with two attached hydrogens (primary N) is 2. The lowest BCUT2D eigenvalue weighted by Gasteiger charge is -2.07. The summed E-state index contributed by atoms with van der Waals surface area (Å²) in [5.74, 6) is -1.71. The van der Waals surface area contributed by atoms with Gasteiger partial charge in [0.25, 0.3) is 0 Å². The molecule has 0 saturated carbocycles. The molecule has 0 aromatic heterocycles. The van der Waals surface area contributed by atoms with Gasteiger partial charge in [-0.3, -0.25) is 4.79 Å². The molecule has 1 atom stereocenters. The smallest absolute Gasteiger partial charge is 0.333 e. The van der Waals surface area contributed by atoms with Crippen molar-refractivity contribution in [1.29, 1.82) is 0 Å². The average Bonchev–Trinajstić information content (AvgIpc) is 2.26. The van der Waals surface area contributed by atoms with Gasteiger partial charge < -0.3 is 16.2 Å². The van der Waals surface area contributed by atoms with Crippen LogP contribution in [0.15, 0.2) is 30.3 Å². The lowest BCUT2D eigenvalue weighted by atomic mass is 10.2. The van der Waals surface area contributed by atoms with E-state index in [4.69, 9.17) is 16.2 Å². The highest BCUT2D eigenvalue weighted by molar-refractivity contribution is 6.00. The molecule has 0 aliphatic rings. The van der Waals surface area contributed by atoms with Gasteiger partial charge in [0.15, 0.2) is 6.04 Å². The first-order chi connectivity index (χ1) is 7.11. The second kappa shape index (κ2) is 5.11. The summed E-state index contributed by atoms with van der Waals surface area (Å²) >= 11 is 0. The molecule has 0 spiro atoms. The standard InChI is InChI=1S/C10H12N2O3/c11-8(9(12)13)10(14)15-6-7-4-2-1-3-5-7/h1-5,8H,6,11H2,(H2,12,13). The fourth-order valence-electron chi connectivity index (χ4n) is 0.935. The monoisotopic (exact) mass is 208 g/mol. The van der Waals surface area contributed by atoms with Crippen LogP contribution >= 0.6 is 0 Å². The molecule has 0 aliphatic heterocycles. The van der Waals surface area contributed by atoms with E-state index in [1.807, 2.05) is 18.2 Å². The molecule has 0 aliphatic carbocycles. The highest BCUT2D eigenvalue weighted by Gasteiger charge is 2.20. The summed E-state index contributed by atoms with van der Waals surface area (Å²) in [6.45, 7) is 0.0840. The summed E-state index contributed by atoms with van der Waals surface area (Å²) in [6, 6.07) is 7.68. The maximum Gasteiger partial charge on any atom is 0.333 e. The molecule has 5 heteroatoms. The fraction of sp³-hybridized carbons (Fsp3) is 0.200. The van der Waals surface area contributed by atoms with Gasteiger partial charge in [-0.2, -0.15) is 0 Å². The zero-order chi connectivity index (χ0) is 11.3. The van der Waals surface area contributed by atoms with Gasteiger partial charge in [0.1, 0.15) is 6.61 Å². The van der Waals surface area contributed by atoms with Crippen molar-refractivity contribution in [2.24, 2.45) is 11.5 Å². The molecule has 0 saturated heterocycles. The lowest BCUT2D eigenvalue weighted by molar-refractivity contribution is -0.149. The Labute approximate surface area is 87.0 Å². The SMILES string of the molecule is NC(=O)C(N)C(=O)OCc1ccccc1. The van der Waals surface area contributed by atoms with Crippen LogP contribution in [-0.2, 0) is 20.9 Å². The number of hydrogen-bond acceptors (Lipinski definition) is 4. The molecule has 1 amide bonds. The van der Waals surface area contributed by atoms with E-state index in [2.05, 4.69) is 0 Å². The van der Waals surface area contributed by atoms with E-state index in [9.17, 15) is 9.59 Å². The van der Waals surface area contributed by atoms with Crippen molar-refractivity contribution < 1.29 is 14.3 Å². The molecule has 1 unspecified atom stereocenters. The molecule has 0 fully saturated rings. The molecule has 1 aromatic rings. The number of esters is 1. The maximum atomic E-state index is 11.1. The van der Waals surface area contributed by atoms with Crippen molar-refractivity contribution in [3.8, 4) is 0 Å². The summed E-state index contributed by atoms with van der Waals surface area (Å²) in [7, 11) is 0. The number of hydrogen-bond donors (Lipinski definition) is 2. The summed E-state index contributed by atoms with van der Waals surface area (Å²) in [6.07, 6.45) is 0. The first-order valence-electron chi connectivity index (χ1n) is 4.36. The van der Waals surface area contributed by atoms with Crippen LogP contribution in [0.4, 0.5) is 0 Å². The molecule has 0 radical (unpaired) electrons. The minimum atomic E-state index is -1.39. The van der Waals surface area contributed by atoms with E-state index in [-0.39, 0.29) is 6.61 Å².